The molecule has 0 amide bonds. The Labute approximate surface area is 103 Å². The van der Waals surface area contributed by atoms with E-state index in [0.717, 1.165) is 16.7 Å². The first-order valence-electron chi connectivity index (χ1n) is 3.44. The van der Waals surface area contributed by atoms with Crippen molar-refractivity contribution in [2.45, 2.75) is 12.1 Å². The van der Waals surface area contributed by atoms with Crippen molar-refractivity contribution in [1.29, 1.82) is 0 Å². The van der Waals surface area contributed by atoms with Gasteiger partial charge >= 0.3 is 0 Å². The van der Waals surface area contributed by atoms with Crippen molar-refractivity contribution in [2.24, 2.45) is 12.8 Å². The summed E-state index contributed by atoms with van der Waals surface area (Å²) in [4.78, 5) is 0. The van der Waals surface area contributed by atoms with Crippen LogP contribution in [0.1, 0.15) is 5.82 Å². The van der Waals surface area contributed by atoms with Gasteiger partial charge < -0.3 is 10.3 Å². The molecule has 2 N–H and O–H groups in total. The summed E-state index contributed by atoms with van der Waals surface area (Å²) >= 11 is 1.63. The highest BCUT2D eigenvalue weighted by atomic mass is 79.9. The molecule has 0 saturated heterocycles. The Hall–Kier alpha value is 0.410. The third-order valence-corrected chi connectivity index (χ3v) is 2.46. The molecule has 0 unspecified atom stereocenters. The van der Waals surface area contributed by atoms with Crippen molar-refractivity contribution in [2.75, 3.05) is 12.3 Å². The summed E-state index contributed by atoms with van der Waals surface area (Å²) in [5.74, 6) is 1.83. The third kappa shape index (κ3) is 4.44. The Morgan fingerprint density at radius 1 is 1.38 bits per heavy atom. The molecule has 78 valence electrons. The van der Waals surface area contributed by atoms with Gasteiger partial charge in [0.25, 0.3) is 0 Å². The first-order chi connectivity index (χ1) is 5.25. The molecule has 0 aliphatic rings. The van der Waals surface area contributed by atoms with Crippen molar-refractivity contribution in [1.82, 2.24) is 14.8 Å². The first-order valence-corrected chi connectivity index (χ1v) is 4.43. The van der Waals surface area contributed by atoms with Crippen molar-refractivity contribution in [3.63, 3.8) is 0 Å². The lowest BCUT2D eigenvalue weighted by molar-refractivity contribution is 0.765. The van der Waals surface area contributed by atoms with Crippen LogP contribution < -0.4 is 5.73 Å². The van der Waals surface area contributed by atoms with Crippen LogP contribution in [0.25, 0.3) is 0 Å². The van der Waals surface area contributed by atoms with E-state index in [1.807, 2.05) is 18.5 Å². The average molecular weight is 334 g/mol. The molecule has 0 radical (unpaired) electrons. The van der Waals surface area contributed by atoms with Crippen LogP contribution in [0.4, 0.5) is 0 Å². The van der Waals surface area contributed by atoms with E-state index in [2.05, 4.69) is 10.2 Å². The van der Waals surface area contributed by atoms with E-state index >= 15 is 0 Å². The molecule has 1 heterocycles. The zero-order valence-corrected chi connectivity index (χ0v) is 11.8. The maximum absolute atomic E-state index is 5.35. The molecule has 1 rings (SSSR count). The second kappa shape index (κ2) is 7.78. The van der Waals surface area contributed by atoms with Crippen LogP contribution in [0.2, 0.25) is 0 Å². The van der Waals surface area contributed by atoms with E-state index in [0.29, 0.717) is 6.54 Å². The fourth-order valence-corrected chi connectivity index (χ4v) is 1.39. The number of thioether (sulfide) groups is 1. The molecule has 0 fully saturated rings. The summed E-state index contributed by atoms with van der Waals surface area (Å²) < 4.78 is 1.96. The largest absolute Gasteiger partial charge is 0.330 e. The van der Waals surface area contributed by atoms with E-state index in [1.165, 1.54) is 0 Å². The number of hydrogen-bond acceptors (Lipinski definition) is 4. The standard InChI is InChI=1S/C6H12N4S.2BrH/c1-5-8-9-6(10(5)2)11-4-3-7;;/h3-4,7H2,1-2H3;2*1H. The van der Waals surface area contributed by atoms with Gasteiger partial charge in [0, 0.05) is 19.3 Å². The molecular formula is C6H14Br2N4S. The van der Waals surface area contributed by atoms with Crippen molar-refractivity contribution in [3.8, 4) is 0 Å². The van der Waals surface area contributed by atoms with E-state index in [9.17, 15) is 0 Å². The topological polar surface area (TPSA) is 56.7 Å². The number of halogens is 2. The second-order valence-corrected chi connectivity index (χ2v) is 3.29. The minimum absolute atomic E-state index is 0. The number of aromatic nitrogens is 3. The van der Waals surface area contributed by atoms with Gasteiger partial charge in [0.05, 0.1) is 0 Å². The fourth-order valence-electron chi connectivity index (χ4n) is 0.664. The minimum Gasteiger partial charge on any atom is -0.330 e. The predicted octanol–water partition coefficient (Wildman–Crippen LogP) is 1.33. The van der Waals surface area contributed by atoms with Crippen molar-refractivity contribution >= 4 is 45.7 Å². The predicted molar refractivity (Wildman–Crippen MR) is 66.2 cm³/mol. The molecule has 0 saturated carbocycles. The van der Waals surface area contributed by atoms with Gasteiger partial charge in [-0.15, -0.1) is 44.2 Å². The van der Waals surface area contributed by atoms with Gasteiger partial charge in [0.2, 0.25) is 0 Å². The molecule has 1 aromatic heterocycles. The molecule has 0 aliphatic heterocycles. The van der Waals surface area contributed by atoms with Gasteiger partial charge in [-0.2, -0.15) is 0 Å². The summed E-state index contributed by atoms with van der Waals surface area (Å²) in [6, 6.07) is 0. The summed E-state index contributed by atoms with van der Waals surface area (Å²) in [6.07, 6.45) is 0. The van der Waals surface area contributed by atoms with E-state index in [1.54, 1.807) is 11.8 Å². The highest BCUT2D eigenvalue weighted by molar-refractivity contribution is 8.93. The molecule has 0 atom stereocenters. The van der Waals surface area contributed by atoms with Gasteiger partial charge in [-0.25, -0.2) is 0 Å². The molecule has 13 heavy (non-hydrogen) atoms. The van der Waals surface area contributed by atoms with Gasteiger partial charge in [-0.1, -0.05) is 11.8 Å². The Morgan fingerprint density at radius 3 is 2.38 bits per heavy atom. The molecule has 1 aromatic rings. The summed E-state index contributed by atoms with van der Waals surface area (Å²) in [7, 11) is 1.95. The van der Waals surface area contributed by atoms with Crippen molar-refractivity contribution in [3.05, 3.63) is 5.82 Å². The van der Waals surface area contributed by atoms with Gasteiger partial charge in [0.1, 0.15) is 5.82 Å². The Bertz CT molecular complexity index is 241. The number of nitrogens with two attached hydrogens (primary N) is 1. The summed E-state index contributed by atoms with van der Waals surface area (Å²) in [6.45, 7) is 2.61. The average Bonchev–Trinajstić information content (AvgIpc) is 2.31. The summed E-state index contributed by atoms with van der Waals surface area (Å²) in [5.41, 5.74) is 5.35. The molecule has 7 heteroatoms. The highest BCUT2D eigenvalue weighted by Gasteiger charge is 2.03. The van der Waals surface area contributed by atoms with Gasteiger partial charge in [-0.3, -0.25) is 0 Å². The van der Waals surface area contributed by atoms with E-state index in [4.69, 9.17) is 5.73 Å². The number of rotatable bonds is 3. The molecule has 0 aromatic carbocycles. The Morgan fingerprint density at radius 2 is 2.00 bits per heavy atom. The zero-order chi connectivity index (χ0) is 8.27. The molecule has 4 nitrogen and oxygen atoms in total. The van der Waals surface area contributed by atoms with Crippen LogP contribution in [0.5, 0.6) is 0 Å². The van der Waals surface area contributed by atoms with Crippen LogP contribution in [0.3, 0.4) is 0 Å². The van der Waals surface area contributed by atoms with E-state index in [-0.39, 0.29) is 34.0 Å². The smallest absolute Gasteiger partial charge is 0.190 e. The maximum atomic E-state index is 5.35. The maximum Gasteiger partial charge on any atom is 0.190 e. The number of hydrogen-bond donors (Lipinski definition) is 1. The normalized spacial score (nSPS) is 8.85. The monoisotopic (exact) mass is 332 g/mol. The number of aryl methyl sites for hydroxylation is 1. The number of nitrogens with zero attached hydrogens (tertiary/aromatic N) is 3. The van der Waals surface area contributed by atoms with Crippen LogP contribution in [-0.2, 0) is 7.05 Å². The molecule has 0 aliphatic carbocycles. The lowest BCUT2D eigenvalue weighted by Gasteiger charge is -1.98. The molecular weight excluding hydrogens is 320 g/mol. The third-order valence-electron chi connectivity index (χ3n) is 1.40. The SMILES string of the molecule is Br.Br.Cc1nnc(SCCN)n1C. The molecule has 0 bridgehead atoms. The van der Waals surface area contributed by atoms with Gasteiger partial charge in [-0.05, 0) is 6.92 Å². The first kappa shape index (κ1) is 15.9. The lowest BCUT2D eigenvalue weighted by atomic mass is 10.7. The zero-order valence-electron chi connectivity index (χ0n) is 7.56. The Balaban J connectivity index is 0. The minimum atomic E-state index is 0. The Kier molecular flexibility index (Phi) is 9.49. The van der Waals surface area contributed by atoms with Crippen LogP contribution in [-0.4, -0.2) is 27.1 Å². The van der Waals surface area contributed by atoms with Crippen LogP contribution in [0.15, 0.2) is 5.16 Å². The molecule has 0 spiro atoms. The van der Waals surface area contributed by atoms with Crippen molar-refractivity contribution < 1.29 is 0 Å². The fraction of sp³-hybridized carbons (Fsp3) is 0.667. The summed E-state index contributed by atoms with van der Waals surface area (Å²) in [5, 5.41) is 8.83. The van der Waals surface area contributed by atoms with E-state index < -0.39 is 0 Å². The van der Waals surface area contributed by atoms with Gasteiger partial charge in [0.15, 0.2) is 5.16 Å². The quantitative estimate of drug-likeness (QED) is 0.848. The lowest BCUT2D eigenvalue weighted by Crippen LogP contribution is -2.02. The second-order valence-electron chi connectivity index (χ2n) is 2.23. The van der Waals surface area contributed by atoms with Crippen LogP contribution in [0, 0.1) is 6.92 Å². The van der Waals surface area contributed by atoms with Crippen LogP contribution >= 0.6 is 45.7 Å². The highest BCUT2D eigenvalue weighted by Crippen LogP contribution is 2.13.